The van der Waals surface area contributed by atoms with Crippen LogP contribution >= 0.6 is 11.3 Å². The molecule has 0 spiro atoms. The number of carbonyl (C=O) groups is 1. The van der Waals surface area contributed by atoms with Crippen LogP contribution in [0.2, 0.25) is 0 Å². The van der Waals surface area contributed by atoms with Gasteiger partial charge >= 0.3 is 5.63 Å². The van der Waals surface area contributed by atoms with Crippen molar-refractivity contribution in [2.75, 3.05) is 5.32 Å². The van der Waals surface area contributed by atoms with Crippen molar-refractivity contribution in [3.63, 3.8) is 0 Å². The van der Waals surface area contributed by atoms with Crippen LogP contribution in [0, 0.1) is 13.8 Å². The van der Waals surface area contributed by atoms with Crippen molar-refractivity contribution < 1.29 is 9.21 Å². The zero-order valence-corrected chi connectivity index (χ0v) is 12.3. The topological polar surface area (TPSA) is 72.2 Å². The minimum Gasteiger partial charge on any atom is -0.417 e. The van der Waals surface area contributed by atoms with E-state index in [1.807, 2.05) is 13.8 Å². The van der Waals surface area contributed by atoms with E-state index in [-0.39, 0.29) is 5.76 Å². The Balaban J connectivity index is 1.96. The number of carbonyl (C=O) groups excluding carboxylic acids is 1. The molecular formula is C15H12N2O3S. The van der Waals surface area contributed by atoms with Crippen LogP contribution in [0.25, 0.3) is 10.8 Å². The average Bonchev–Trinajstić information content (AvgIpc) is 2.77. The number of aryl methyl sites for hydroxylation is 2. The molecule has 6 heteroatoms. The number of hydrogen-bond donors (Lipinski definition) is 1. The number of fused-ring (bicyclic) bond motifs is 1. The number of anilines is 1. The molecule has 0 unspecified atom stereocenters. The molecule has 106 valence electrons. The second kappa shape index (κ2) is 5.14. The van der Waals surface area contributed by atoms with Crippen LogP contribution < -0.4 is 10.9 Å². The van der Waals surface area contributed by atoms with Gasteiger partial charge in [-0.25, -0.2) is 9.78 Å². The molecule has 3 rings (SSSR count). The summed E-state index contributed by atoms with van der Waals surface area (Å²) in [6.45, 7) is 3.80. The van der Waals surface area contributed by atoms with Crippen LogP contribution in [-0.4, -0.2) is 10.9 Å². The number of hydrogen-bond acceptors (Lipinski definition) is 5. The minimum atomic E-state index is -0.523. The van der Waals surface area contributed by atoms with Crippen LogP contribution in [0.5, 0.6) is 0 Å². The fourth-order valence-corrected chi connectivity index (χ4v) is 2.74. The van der Waals surface area contributed by atoms with Gasteiger partial charge in [-0.05, 0) is 31.4 Å². The lowest BCUT2D eigenvalue weighted by Crippen LogP contribution is -2.14. The fraction of sp³-hybridized carbons (Fsp3) is 0.133. The number of aromatic nitrogens is 1. The smallest absolute Gasteiger partial charge is 0.344 e. The van der Waals surface area contributed by atoms with Crippen LogP contribution in [0.3, 0.4) is 0 Å². The van der Waals surface area contributed by atoms with E-state index in [0.29, 0.717) is 15.9 Å². The normalized spacial score (nSPS) is 10.8. The molecule has 0 atom stereocenters. The molecule has 0 bridgehead atoms. The van der Waals surface area contributed by atoms with Gasteiger partial charge in [-0.1, -0.05) is 18.2 Å². The summed E-state index contributed by atoms with van der Waals surface area (Å²) in [5.74, 6) is -0.504. The Bertz CT molecular complexity index is 876. The highest BCUT2D eigenvalue weighted by Crippen LogP contribution is 2.22. The standard InChI is InChI=1S/C15H12N2O3S/c1-8-9(2)21-15(16-8)17-13(18)12-7-10-5-3-4-6-11(10)14(19)20-12/h3-7H,1-2H3,(H,16,17,18). The maximum Gasteiger partial charge on any atom is 0.344 e. The summed E-state index contributed by atoms with van der Waals surface area (Å²) in [6.07, 6.45) is 0. The Labute approximate surface area is 124 Å². The first-order valence-electron chi connectivity index (χ1n) is 6.33. The van der Waals surface area contributed by atoms with Gasteiger partial charge in [0.1, 0.15) is 0 Å². The molecular weight excluding hydrogens is 288 g/mol. The van der Waals surface area contributed by atoms with Crippen molar-refractivity contribution in [3.05, 3.63) is 57.1 Å². The van der Waals surface area contributed by atoms with Crippen LogP contribution in [0.1, 0.15) is 21.1 Å². The number of thiazole rings is 1. The number of benzene rings is 1. The van der Waals surface area contributed by atoms with E-state index in [2.05, 4.69) is 10.3 Å². The fourth-order valence-electron chi connectivity index (χ4n) is 1.93. The highest BCUT2D eigenvalue weighted by molar-refractivity contribution is 7.15. The van der Waals surface area contributed by atoms with E-state index in [0.717, 1.165) is 10.6 Å². The lowest BCUT2D eigenvalue weighted by Gasteiger charge is -2.02. The molecule has 5 nitrogen and oxygen atoms in total. The molecule has 0 aliphatic rings. The summed E-state index contributed by atoms with van der Waals surface area (Å²) in [5, 5.41) is 4.26. The van der Waals surface area contributed by atoms with Gasteiger partial charge in [-0.2, -0.15) is 0 Å². The number of rotatable bonds is 2. The zero-order valence-electron chi connectivity index (χ0n) is 11.5. The molecule has 0 radical (unpaired) electrons. The lowest BCUT2D eigenvalue weighted by molar-refractivity contribution is 0.0993. The molecule has 2 heterocycles. The molecule has 0 saturated heterocycles. The predicted molar refractivity (Wildman–Crippen MR) is 82.0 cm³/mol. The Kier molecular flexibility index (Phi) is 3.31. The summed E-state index contributed by atoms with van der Waals surface area (Å²) >= 11 is 1.38. The third-order valence-corrected chi connectivity index (χ3v) is 4.13. The number of amides is 1. The molecule has 0 aliphatic carbocycles. The number of nitrogens with one attached hydrogen (secondary N) is 1. The van der Waals surface area contributed by atoms with E-state index in [9.17, 15) is 9.59 Å². The van der Waals surface area contributed by atoms with Gasteiger partial charge < -0.3 is 4.42 Å². The molecule has 3 aromatic rings. The lowest BCUT2D eigenvalue weighted by atomic mass is 10.1. The zero-order chi connectivity index (χ0) is 15.0. The molecule has 1 amide bonds. The van der Waals surface area contributed by atoms with Gasteiger partial charge in [0.15, 0.2) is 10.9 Å². The quantitative estimate of drug-likeness (QED) is 0.789. The first-order chi connectivity index (χ1) is 10.0. The SMILES string of the molecule is Cc1nc(NC(=O)c2cc3ccccc3c(=O)o2)sc1C. The summed E-state index contributed by atoms with van der Waals surface area (Å²) in [6, 6.07) is 8.54. The van der Waals surface area contributed by atoms with Crippen molar-refractivity contribution in [2.45, 2.75) is 13.8 Å². The first kappa shape index (κ1) is 13.5. The van der Waals surface area contributed by atoms with E-state index < -0.39 is 11.5 Å². The maximum atomic E-state index is 12.2. The van der Waals surface area contributed by atoms with Crippen molar-refractivity contribution in [3.8, 4) is 0 Å². The van der Waals surface area contributed by atoms with Gasteiger partial charge in [-0.3, -0.25) is 10.1 Å². The molecule has 2 aromatic heterocycles. The Morgan fingerprint density at radius 2 is 2.05 bits per heavy atom. The second-order valence-corrected chi connectivity index (χ2v) is 5.80. The first-order valence-corrected chi connectivity index (χ1v) is 7.14. The van der Waals surface area contributed by atoms with Crippen LogP contribution in [0.15, 0.2) is 39.5 Å². The summed E-state index contributed by atoms with van der Waals surface area (Å²) in [4.78, 5) is 29.3. The van der Waals surface area contributed by atoms with E-state index in [4.69, 9.17) is 4.42 Å². The highest BCUT2D eigenvalue weighted by Gasteiger charge is 2.14. The summed E-state index contributed by atoms with van der Waals surface area (Å²) in [7, 11) is 0. The molecule has 21 heavy (non-hydrogen) atoms. The second-order valence-electron chi connectivity index (χ2n) is 4.60. The largest absolute Gasteiger partial charge is 0.417 e. The maximum absolute atomic E-state index is 12.2. The van der Waals surface area contributed by atoms with Gasteiger partial charge in [-0.15, -0.1) is 11.3 Å². The monoisotopic (exact) mass is 300 g/mol. The third kappa shape index (κ3) is 2.57. The summed E-state index contributed by atoms with van der Waals surface area (Å²) < 4.78 is 5.07. The average molecular weight is 300 g/mol. The van der Waals surface area contributed by atoms with Gasteiger partial charge in [0.2, 0.25) is 0 Å². The Morgan fingerprint density at radius 3 is 2.76 bits per heavy atom. The molecule has 0 aliphatic heterocycles. The van der Waals surface area contributed by atoms with E-state index >= 15 is 0 Å². The number of nitrogens with zero attached hydrogens (tertiary/aromatic N) is 1. The Morgan fingerprint density at radius 1 is 1.29 bits per heavy atom. The van der Waals surface area contributed by atoms with Gasteiger partial charge in [0.25, 0.3) is 5.91 Å². The minimum absolute atomic E-state index is 0.0239. The van der Waals surface area contributed by atoms with Crippen molar-refractivity contribution in [2.24, 2.45) is 0 Å². The molecule has 1 N–H and O–H groups in total. The predicted octanol–water partition coefficient (Wildman–Crippen LogP) is 3.12. The van der Waals surface area contributed by atoms with Crippen LogP contribution in [-0.2, 0) is 0 Å². The van der Waals surface area contributed by atoms with Crippen molar-refractivity contribution >= 4 is 33.1 Å². The molecule has 1 aromatic carbocycles. The van der Waals surface area contributed by atoms with Crippen LogP contribution in [0.4, 0.5) is 5.13 Å². The van der Waals surface area contributed by atoms with Gasteiger partial charge in [0.05, 0.1) is 11.1 Å². The van der Waals surface area contributed by atoms with Crippen molar-refractivity contribution in [1.82, 2.24) is 4.98 Å². The highest BCUT2D eigenvalue weighted by atomic mass is 32.1. The van der Waals surface area contributed by atoms with Gasteiger partial charge in [0, 0.05) is 4.88 Å². The Hall–Kier alpha value is -2.47. The summed E-state index contributed by atoms with van der Waals surface area (Å²) in [5.41, 5.74) is 0.347. The van der Waals surface area contributed by atoms with E-state index in [1.54, 1.807) is 30.3 Å². The molecule has 0 fully saturated rings. The van der Waals surface area contributed by atoms with Crippen molar-refractivity contribution in [1.29, 1.82) is 0 Å². The third-order valence-electron chi connectivity index (χ3n) is 3.14. The molecule has 0 saturated carbocycles. The van der Waals surface area contributed by atoms with E-state index in [1.165, 1.54) is 11.3 Å².